The van der Waals surface area contributed by atoms with Gasteiger partial charge in [0.2, 0.25) is 0 Å². The van der Waals surface area contributed by atoms with Crippen molar-refractivity contribution in [3.8, 4) is 11.8 Å². The van der Waals surface area contributed by atoms with Crippen LogP contribution >= 0.6 is 0 Å². The third-order valence-electron chi connectivity index (χ3n) is 1.99. The van der Waals surface area contributed by atoms with E-state index >= 15 is 0 Å². The van der Waals surface area contributed by atoms with Crippen LogP contribution in [-0.4, -0.2) is 10.1 Å². The topological polar surface area (TPSA) is 59.8 Å². The maximum absolute atomic E-state index is 9.70. The Morgan fingerprint density at radius 1 is 1.40 bits per heavy atom. The zero-order chi connectivity index (χ0) is 9.97. The fraction of sp³-hybridized carbons (Fsp3) is 0. The number of fused-ring (bicyclic) bond motifs is 1. The zero-order valence-corrected chi connectivity index (χ0v) is 10.6. The van der Waals surface area contributed by atoms with Gasteiger partial charge in [-0.25, -0.2) is 5.26 Å². The zero-order valence-electron chi connectivity index (χ0n) is 7.63. The molecule has 2 rings (SSSR count). The van der Waals surface area contributed by atoms with Crippen LogP contribution in [0.3, 0.4) is 0 Å². The molecule has 0 unspecified atom stereocenters. The van der Waals surface area contributed by atoms with Crippen molar-refractivity contribution in [1.82, 2.24) is 4.98 Å². The Morgan fingerprint density at radius 2 is 2.13 bits per heavy atom. The van der Waals surface area contributed by atoms with Gasteiger partial charge in [0.15, 0.2) is 0 Å². The standard InChI is InChI=1S/C11H7N2O.Cm/c12-7-3-6-10-11(14)8-4-1-2-5-9(8)13-10;/h1-2,4-6,13-14H;/q-1;. The second kappa shape index (κ2) is 3.67. The molecule has 0 radical (unpaired) electrons. The molecular weight excluding hydrogens is 423 g/mol. The minimum Gasteiger partial charge on any atom is -0.524 e. The number of hydrogen-bond donors (Lipinski definition) is 2. The molecule has 4 heteroatoms. The number of nitrogens with one attached hydrogen (secondary N) is 1. The van der Waals surface area contributed by atoms with Gasteiger partial charge in [-0.15, -0.1) is 0 Å². The molecule has 1 aromatic carbocycles. The molecule has 0 aliphatic heterocycles. The Hall–Kier alpha value is -3.21. The first-order valence-electron chi connectivity index (χ1n) is 4.10. The number of aromatic hydroxyl groups is 1. The number of rotatable bonds is 1. The average molecular weight is 430 g/mol. The summed E-state index contributed by atoms with van der Waals surface area (Å²) in [7, 11) is 0. The van der Waals surface area contributed by atoms with E-state index in [9.17, 15) is 5.11 Å². The number of hydrogen-bond acceptors (Lipinski definition) is 2. The van der Waals surface area contributed by atoms with E-state index in [-0.39, 0.29) is 5.75 Å². The van der Waals surface area contributed by atoms with Gasteiger partial charge in [-0.05, 0) is 12.1 Å². The first-order chi connectivity index (χ1) is 6.83. The van der Waals surface area contributed by atoms with Gasteiger partial charge in [0.05, 0.1) is 5.75 Å². The summed E-state index contributed by atoms with van der Waals surface area (Å²) in [5, 5.41) is 18.8. The van der Waals surface area contributed by atoms with E-state index in [2.05, 4.69) is 11.1 Å². The first-order valence-corrected chi connectivity index (χ1v) is 4.10. The van der Waals surface area contributed by atoms with Crippen molar-refractivity contribution in [2.75, 3.05) is 0 Å². The van der Waals surface area contributed by atoms with Crippen LogP contribution in [0.4, 0.5) is 0 Å². The molecule has 2 aromatic rings. The third kappa shape index (κ3) is 1.47. The molecule has 3 nitrogen and oxygen atoms in total. The first kappa shape index (κ1) is 9.87. The van der Waals surface area contributed by atoms with E-state index in [0.29, 0.717) is 5.69 Å². The van der Waals surface area contributed by atoms with Gasteiger partial charge in [0.25, 0.3) is 0 Å². The van der Waals surface area contributed by atoms with Crippen molar-refractivity contribution in [2.24, 2.45) is 0 Å². The van der Waals surface area contributed by atoms with Crippen LogP contribution < -0.4 is 0 Å². The van der Waals surface area contributed by atoms with Crippen LogP contribution in [0.5, 0.6) is 5.75 Å². The molecule has 0 amide bonds. The largest absolute Gasteiger partial charge is 0.524 e. The molecule has 0 saturated carbocycles. The Kier molecular flexibility index (Phi) is 2.42. The van der Waals surface area contributed by atoms with Crippen LogP contribution in [0.1, 0.15) is 5.69 Å². The smallest absolute Gasteiger partial charge is 0.0671 e. The number of benzene rings is 1. The molecule has 0 spiro atoms. The van der Waals surface area contributed by atoms with Gasteiger partial charge >= 0.3 is 0 Å². The number of aromatic amines is 1. The Labute approximate surface area is 80.9 Å². The van der Waals surface area contributed by atoms with Gasteiger partial charge in [0, 0.05) is 10.9 Å². The summed E-state index contributed by atoms with van der Waals surface area (Å²) in [5.74, 6) is 0.156. The predicted molar refractivity (Wildman–Crippen MR) is 53.3 cm³/mol. The summed E-state index contributed by atoms with van der Waals surface area (Å²) < 4.78 is 0. The fourth-order valence-corrected chi connectivity index (χ4v) is 1.36. The molecule has 0 atom stereocenters. The molecule has 1 heterocycles. The van der Waals surface area contributed by atoms with Gasteiger partial charge in [0.1, 0.15) is 0 Å². The van der Waals surface area contributed by atoms with Gasteiger partial charge in [-0.1, -0.05) is 23.9 Å². The minimum absolute atomic E-state index is 0. The van der Waals surface area contributed by atoms with Crippen molar-refractivity contribution >= 4 is 17.0 Å². The molecule has 0 fully saturated rings. The Bertz CT molecular complexity index is 537. The van der Waals surface area contributed by atoms with Crippen molar-refractivity contribution in [3.05, 3.63) is 36.0 Å². The Balaban J connectivity index is 0.00000112. The van der Waals surface area contributed by atoms with E-state index in [0.717, 1.165) is 10.9 Å². The van der Waals surface area contributed by atoms with E-state index in [1.54, 1.807) is 6.07 Å². The number of para-hydroxylation sites is 1. The van der Waals surface area contributed by atoms with Crippen molar-refractivity contribution in [3.63, 3.8) is 0 Å². The predicted octanol–water partition coefficient (Wildman–Crippen LogP) is 2.21. The average Bonchev–Trinajstić information content (AvgIpc) is 2.54. The molecular formula is C11H7CmN2O-. The van der Waals surface area contributed by atoms with Crippen LogP contribution in [0.25, 0.3) is 17.0 Å². The number of nitrogens with zero attached hydrogens (tertiary/aromatic N) is 1. The molecule has 0 saturated heterocycles. The molecule has 15 heavy (non-hydrogen) atoms. The molecule has 0 aliphatic rings. The van der Waals surface area contributed by atoms with E-state index in [1.807, 2.05) is 24.3 Å². The maximum atomic E-state index is 9.70. The van der Waals surface area contributed by atoms with Crippen LogP contribution in [0.2, 0.25) is 0 Å². The molecule has 0 bridgehead atoms. The SMILES string of the molecule is N#C[C-]=Cc1[nH]c2ccccc2c1O.[Cm]. The fourth-order valence-electron chi connectivity index (χ4n) is 1.36. The summed E-state index contributed by atoms with van der Waals surface area (Å²) >= 11 is 0. The molecule has 0 aliphatic carbocycles. The maximum Gasteiger partial charge on any atom is 0.0671 e. The van der Waals surface area contributed by atoms with Gasteiger partial charge in [-0.2, -0.15) is 12.2 Å². The van der Waals surface area contributed by atoms with Crippen LogP contribution in [0.15, 0.2) is 24.3 Å². The number of nitriles is 1. The monoisotopic (exact) mass is 426 g/mol. The summed E-state index contributed by atoms with van der Waals surface area (Å²) in [6, 6.07) is 9.14. The second-order valence-corrected chi connectivity index (χ2v) is 2.83. The van der Waals surface area contributed by atoms with Crippen LogP contribution in [0, 0.1) is 17.4 Å². The summed E-state index contributed by atoms with van der Waals surface area (Å²) in [5.41, 5.74) is 1.35. The molecule has 2 N–H and O–H groups in total. The van der Waals surface area contributed by atoms with E-state index in [4.69, 9.17) is 5.26 Å². The van der Waals surface area contributed by atoms with Gasteiger partial charge < -0.3 is 10.1 Å². The quantitative estimate of drug-likeness (QED) is 0.539. The van der Waals surface area contributed by atoms with Crippen molar-refractivity contribution in [2.45, 2.75) is 0 Å². The molecule has 1 aromatic heterocycles. The van der Waals surface area contributed by atoms with E-state index < -0.39 is 0 Å². The van der Waals surface area contributed by atoms with E-state index in [1.165, 1.54) is 6.08 Å². The number of H-pyrrole nitrogens is 1. The van der Waals surface area contributed by atoms with Gasteiger partial charge in [-0.3, -0.25) is 0 Å². The molecule has 76 valence electrons. The summed E-state index contributed by atoms with van der Waals surface area (Å²) in [6.07, 6.45) is 3.78. The number of allylic oxidation sites excluding steroid dienone is 1. The normalized spacial score (nSPS) is 10.1. The number of aromatic nitrogens is 1. The minimum atomic E-state index is 0. The third-order valence-corrected chi connectivity index (χ3v) is 1.99. The van der Waals surface area contributed by atoms with Crippen molar-refractivity contribution in [1.29, 1.82) is 5.26 Å². The Morgan fingerprint density at radius 3 is 2.80 bits per heavy atom. The van der Waals surface area contributed by atoms with Crippen LogP contribution in [-0.2, 0) is 0 Å². The van der Waals surface area contributed by atoms with Crippen molar-refractivity contribution < 1.29 is 5.11 Å². The second-order valence-electron chi connectivity index (χ2n) is 2.83. The summed E-state index contributed by atoms with van der Waals surface area (Å²) in [6.45, 7) is 0. The summed E-state index contributed by atoms with van der Waals surface area (Å²) in [4.78, 5) is 2.98.